The minimum atomic E-state index is -4.70. The second-order valence-corrected chi connectivity index (χ2v) is 8.98. The highest BCUT2D eigenvalue weighted by molar-refractivity contribution is 14.1. The summed E-state index contributed by atoms with van der Waals surface area (Å²) >= 11 is 2.10. The van der Waals surface area contributed by atoms with Crippen LogP contribution in [0.2, 0.25) is 0 Å². The standard InChI is InChI=1S/C26H19F3IN3O4/c1-36-24-12-16(14-31-32-22-10-9-19(26(27,28)29)13-23(22)33(34)35)11-21(30)25(24)37-15-18-7-4-6-17-5-2-3-8-20(17)18/h2-14,32H,15H2,1H3/b31-14-. The van der Waals surface area contributed by atoms with Gasteiger partial charge in [0.1, 0.15) is 12.3 Å². The van der Waals surface area contributed by atoms with E-state index in [1.54, 1.807) is 12.1 Å². The first-order valence-electron chi connectivity index (χ1n) is 10.8. The molecule has 7 nitrogen and oxygen atoms in total. The summed E-state index contributed by atoms with van der Waals surface area (Å²) in [5.41, 5.74) is 2.01. The van der Waals surface area contributed by atoms with Crippen LogP contribution >= 0.6 is 22.6 Å². The number of fused-ring (bicyclic) bond motifs is 1. The largest absolute Gasteiger partial charge is 0.493 e. The summed E-state index contributed by atoms with van der Waals surface area (Å²) in [4.78, 5) is 10.3. The van der Waals surface area contributed by atoms with Crippen molar-refractivity contribution in [3.05, 3.63) is 103 Å². The van der Waals surface area contributed by atoms with E-state index in [0.29, 0.717) is 29.7 Å². The number of halogens is 4. The molecule has 4 rings (SSSR count). The van der Waals surface area contributed by atoms with Crippen LogP contribution in [0.25, 0.3) is 10.8 Å². The van der Waals surface area contributed by atoms with Gasteiger partial charge in [0.15, 0.2) is 11.5 Å². The summed E-state index contributed by atoms with van der Waals surface area (Å²) in [5.74, 6) is 0.994. The lowest BCUT2D eigenvalue weighted by Gasteiger charge is -2.14. The molecule has 0 atom stereocenters. The van der Waals surface area contributed by atoms with E-state index >= 15 is 0 Å². The molecule has 190 valence electrons. The van der Waals surface area contributed by atoms with Crippen LogP contribution < -0.4 is 14.9 Å². The Hall–Kier alpha value is -3.87. The van der Waals surface area contributed by atoms with Gasteiger partial charge in [-0.15, -0.1) is 0 Å². The van der Waals surface area contributed by atoms with Crippen molar-refractivity contribution < 1.29 is 27.6 Å². The second kappa shape index (κ2) is 11.0. The fraction of sp³-hybridized carbons (Fsp3) is 0.115. The molecule has 0 aromatic heterocycles. The van der Waals surface area contributed by atoms with Crippen LogP contribution in [0.4, 0.5) is 24.5 Å². The van der Waals surface area contributed by atoms with Gasteiger partial charge in [-0.2, -0.15) is 18.3 Å². The van der Waals surface area contributed by atoms with Crippen LogP contribution in [-0.4, -0.2) is 18.2 Å². The minimum Gasteiger partial charge on any atom is -0.493 e. The molecule has 1 N–H and O–H groups in total. The summed E-state index contributed by atoms with van der Waals surface area (Å²) in [5, 5.41) is 17.4. The molecular weight excluding hydrogens is 602 g/mol. The van der Waals surface area contributed by atoms with Crippen LogP contribution in [0, 0.1) is 13.7 Å². The fourth-order valence-corrected chi connectivity index (χ4v) is 4.43. The SMILES string of the molecule is COc1cc(/C=N\Nc2ccc(C(F)(F)F)cc2[N+](=O)[O-])cc(I)c1OCc1cccc2ccccc12. The van der Waals surface area contributed by atoms with Gasteiger partial charge in [0.05, 0.1) is 27.4 Å². The van der Waals surface area contributed by atoms with Crippen LogP contribution in [0.3, 0.4) is 0 Å². The first-order valence-corrected chi connectivity index (χ1v) is 11.9. The van der Waals surface area contributed by atoms with Gasteiger partial charge in [-0.25, -0.2) is 0 Å². The Balaban J connectivity index is 1.52. The maximum absolute atomic E-state index is 12.9. The number of hydrogen-bond acceptors (Lipinski definition) is 6. The lowest BCUT2D eigenvalue weighted by Crippen LogP contribution is -2.06. The Labute approximate surface area is 223 Å². The van der Waals surface area contributed by atoms with Gasteiger partial charge in [-0.1, -0.05) is 42.5 Å². The second-order valence-electron chi connectivity index (χ2n) is 7.82. The Morgan fingerprint density at radius 2 is 1.84 bits per heavy atom. The molecule has 0 aliphatic rings. The topological polar surface area (TPSA) is 86.0 Å². The van der Waals surface area contributed by atoms with E-state index in [9.17, 15) is 23.3 Å². The molecule has 4 aromatic carbocycles. The Morgan fingerprint density at radius 3 is 2.57 bits per heavy atom. The van der Waals surface area contributed by atoms with Gasteiger partial charge in [-0.3, -0.25) is 15.5 Å². The number of nitrogens with zero attached hydrogens (tertiary/aromatic N) is 2. The minimum absolute atomic E-state index is 0.175. The number of methoxy groups -OCH3 is 1. The van der Waals surface area contributed by atoms with E-state index in [4.69, 9.17) is 9.47 Å². The molecule has 11 heteroatoms. The van der Waals surface area contributed by atoms with E-state index in [-0.39, 0.29) is 5.69 Å². The molecule has 0 saturated heterocycles. The number of hydrazone groups is 1. The maximum atomic E-state index is 12.9. The van der Waals surface area contributed by atoms with Crippen molar-refractivity contribution >= 4 is 51.0 Å². The first kappa shape index (κ1) is 26.2. The summed E-state index contributed by atoms with van der Waals surface area (Å²) in [7, 11) is 1.50. The summed E-state index contributed by atoms with van der Waals surface area (Å²) in [6, 6.07) is 19.6. The lowest BCUT2D eigenvalue weighted by molar-refractivity contribution is -0.384. The number of rotatable bonds is 8. The molecule has 0 heterocycles. The number of alkyl halides is 3. The Bertz CT molecular complexity index is 1490. The van der Waals surface area contributed by atoms with Gasteiger partial charge in [0.25, 0.3) is 5.69 Å². The molecule has 0 aliphatic carbocycles. The quantitative estimate of drug-likeness (QED) is 0.0959. The smallest absolute Gasteiger partial charge is 0.416 e. The summed E-state index contributed by atoms with van der Waals surface area (Å²) < 4.78 is 51.0. The van der Waals surface area contributed by atoms with Gasteiger partial charge >= 0.3 is 6.18 Å². The van der Waals surface area contributed by atoms with Gasteiger partial charge in [0, 0.05) is 6.07 Å². The van der Waals surface area contributed by atoms with Crippen molar-refractivity contribution in [3.63, 3.8) is 0 Å². The third-order valence-corrected chi connectivity index (χ3v) is 6.23. The fourth-order valence-electron chi connectivity index (χ4n) is 3.65. The Morgan fingerprint density at radius 1 is 1.08 bits per heavy atom. The van der Waals surface area contributed by atoms with Crippen molar-refractivity contribution in [2.75, 3.05) is 12.5 Å². The zero-order valence-electron chi connectivity index (χ0n) is 19.3. The van der Waals surface area contributed by atoms with Crippen LogP contribution in [-0.2, 0) is 12.8 Å². The van der Waals surface area contributed by atoms with Crippen molar-refractivity contribution in [1.82, 2.24) is 0 Å². The van der Waals surface area contributed by atoms with Crippen molar-refractivity contribution in [2.24, 2.45) is 5.10 Å². The molecule has 0 unspecified atom stereocenters. The third kappa shape index (κ3) is 6.10. The molecular formula is C26H19F3IN3O4. The monoisotopic (exact) mass is 621 g/mol. The predicted molar refractivity (Wildman–Crippen MR) is 143 cm³/mol. The highest BCUT2D eigenvalue weighted by Crippen LogP contribution is 2.36. The zero-order chi connectivity index (χ0) is 26.6. The van der Waals surface area contributed by atoms with Crippen LogP contribution in [0.5, 0.6) is 11.5 Å². The van der Waals surface area contributed by atoms with Crippen molar-refractivity contribution in [3.8, 4) is 11.5 Å². The molecule has 4 aromatic rings. The average molecular weight is 621 g/mol. The summed E-state index contributed by atoms with van der Waals surface area (Å²) in [6.45, 7) is 0.320. The average Bonchev–Trinajstić information content (AvgIpc) is 2.87. The first-order chi connectivity index (χ1) is 17.7. The predicted octanol–water partition coefficient (Wildman–Crippen LogP) is 7.41. The number of nitro benzene ring substituents is 1. The van der Waals surface area contributed by atoms with Gasteiger partial charge in [0.2, 0.25) is 0 Å². The number of hydrogen-bond donors (Lipinski definition) is 1. The number of benzene rings is 4. The van der Waals surface area contributed by atoms with Crippen molar-refractivity contribution in [2.45, 2.75) is 12.8 Å². The molecule has 0 amide bonds. The van der Waals surface area contributed by atoms with E-state index in [1.807, 2.05) is 42.5 Å². The third-order valence-electron chi connectivity index (χ3n) is 5.42. The van der Waals surface area contributed by atoms with E-state index in [0.717, 1.165) is 32.0 Å². The Kier molecular flexibility index (Phi) is 7.81. The maximum Gasteiger partial charge on any atom is 0.416 e. The zero-order valence-corrected chi connectivity index (χ0v) is 21.4. The molecule has 0 aliphatic heterocycles. The highest BCUT2D eigenvalue weighted by Gasteiger charge is 2.33. The van der Waals surface area contributed by atoms with Crippen LogP contribution in [0.1, 0.15) is 16.7 Å². The van der Waals surface area contributed by atoms with Gasteiger partial charge < -0.3 is 9.47 Å². The number of anilines is 1. The normalized spacial score (nSPS) is 11.6. The number of ether oxygens (including phenoxy) is 2. The highest BCUT2D eigenvalue weighted by atomic mass is 127. The molecule has 0 radical (unpaired) electrons. The molecule has 0 fully saturated rings. The lowest BCUT2D eigenvalue weighted by atomic mass is 10.1. The van der Waals surface area contributed by atoms with Crippen molar-refractivity contribution in [1.29, 1.82) is 0 Å². The summed E-state index contributed by atoms with van der Waals surface area (Å²) in [6.07, 6.45) is -3.32. The van der Waals surface area contributed by atoms with E-state index in [1.165, 1.54) is 13.3 Å². The molecule has 0 bridgehead atoms. The number of nitro groups is 1. The van der Waals surface area contributed by atoms with E-state index < -0.39 is 22.4 Å². The molecule has 0 spiro atoms. The molecule has 0 saturated carbocycles. The number of nitrogens with one attached hydrogen (secondary N) is 1. The van der Waals surface area contributed by atoms with E-state index in [2.05, 4.69) is 33.1 Å². The van der Waals surface area contributed by atoms with Gasteiger partial charge in [-0.05, 0) is 68.8 Å². The molecule has 37 heavy (non-hydrogen) atoms. The van der Waals surface area contributed by atoms with Crippen LogP contribution in [0.15, 0.2) is 77.9 Å².